The minimum Gasteiger partial charge on any atom is -0.465 e. The zero-order valence-electron chi connectivity index (χ0n) is 18.5. The molecule has 0 unspecified atom stereocenters. The van der Waals surface area contributed by atoms with Crippen LogP contribution in [-0.4, -0.2) is 30.4 Å². The predicted octanol–water partition coefficient (Wildman–Crippen LogP) is 5.85. The van der Waals surface area contributed by atoms with Gasteiger partial charge >= 0.3 is 5.97 Å². The molecule has 0 atom stereocenters. The molecule has 0 aromatic heterocycles. The SMILES string of the molecule is COC(=O)c1ccc(CN(CCC2CC2)C(=O)c2ccc(Oc3ccccc3F)cc2)cc1. The Labute approximate surface area is 192 Å². The van der Waals surface area contributed by atoms with Crippen molar-refractivity contribution in [2.24, 2.45) is 5.92 Å². The molecule has 1 aliphatic rings. The Morgan fingerprint density at radius 3 is 2.24 bits per heavy atom. The minimum absolute atomic E-state index is 0.0786. The molecule has 33 heavy (non-hydrogen) atoms. The van der Waals surface area contributed by atoms with Crippen LogP contribution in [0.25, 0.3) is 0 Å². The Bertz CT molecular complexity index is 1110. The highest BCUT2D eigenvalue weighted by Crippen LogP contribution is 2.33. The lowest BCUT2D eigenvalue weighted by atomic mass is 10.1. The maximum Gasteiger partial charge on any atom is 0.337 e. The van der Waals surface area contributed by atoms with Crippen molar-refractivity contribution >= 4 is 11.9 Å². The van der Waals surface area contributed by atoms with Crippen LogP contribution in [0.4, 0.5) is 4.39 Å². The fourth-order valence-electron chi connectivity index (χ4n) is 3.58. The minimum atomic E-state index is -0.442. The van der Waals surface area contributed by atoms with Crippen molar-refractivity contribution in [1.29, 1.82) is 0 Å². The third-order valence-electron chi connectivity index (χ3n) is 5.71. The topological polar surface area (TPSA) is 55.8 Å². The fourth-order valence-corrected chi connectivity index (χ4v) is 3.58. The zero-order chi connectivity index (χ0) is 23.2. The molecule has 3 aromatic rings. The Morgan fingerprint density at radius 1 is 0.939 bits per heavy atom. The molecule has 1 aliphatic carbocycles. The number of ether oxygens (including phenoxy) is 2. The summed E-state index contributed by atoms with van der Waals surface area (Å²) in [6, 6.07) is 20.0. The van der Waals surface area contributed by atoms with E-state index in [1.165, 1.54) is 26.0 Å². The van der Waals surface area contributed by atoms with Gasteiger partial charge in [0, 0.05) is 18.7 Å². The highest BCUT2D eigenvalue weighted by Gasteiger charge is 2.24. The van der Waals surface area contributed by atoms with E-state index < -0.39 is 5.82 Å². The molecule has 0 saturated heterocycles. The molecule has 4 rings (SSSR count). The summed E-state index contributed by atoms with van der Waals surface area (Å²) >= 11 is 0. The zero-order valence-corrected chi connectivity index (χ0v) is 18.5. The molecular formula is C27H26FNO4. The second-order valence-electron chi connectivity index (χ2n) is 8.20. The van der Waals surface area contributed by atoms with Gasteiger partial charge in [-0.05, 0) is 66.4 Å². The van der Waals surface area contributed by atoms with Gasteiger partial charge in [0.15, 0.2) is 11.6 Å². The van der Waals surface area contributed by atoms with Crippen molar-refractivity contribution in [2.75, 3.05) is 13.7 Å². The summed E-state index contributed by atoms with van der Waals surface area (Å²) in [6.45, 7) is 1.11. The molecule has 0 N–H and O–H groups in total. The lowest BCUT2D eigenvalue weighted by molar-refractivity contribution is 0.0600. The molecule has 170 valence electrons. The Kier molecular flexibility index (Phi) is 7.03. The number of para-hydroxylation sites is 1. The number of carbonyl (C=O) groups excluding carboxylic acids is 2. The van der Waals surface area contributed by atoms with Crippen molar-refractivity contribution in [1.82, 2.24) is 4.90 Å². The van der Waals surface area contributed by atoms with Crippen LogP contribution in [0.15, 0.2) is 72.8 Å². The van der Waals surface area contributed by atoms with Gasteiger partial charge in [-0.2, -0.15) is 0 Å². The van der Waals surface area contributed by atoms with Gasteiger partial charge in [-0.25, -0.2) is 9.18 Å². The Hall–Kier alpha value is -3.67. The number of benzene rings is 3. The third-order valence-corrected chi connectivity index (χ3v) is 5.71. The van der Waals surface area contributed by atoms with E-state index in [4.69, 9.17) is 9.47 Å². The van der Waals surface area contributed by atoms with Gasteiger partial charge in [-0.15, -0.1) is 0 Å². The monoisotopic (exact) mass is 447 g/mol. The molecule has 6 heteroatoms. The van der Waals surface area contributed by atoms with Gasteiger partial charge in [0.2, 0.25) is 0 Å². The summed E-state index contributed by atoms with van der Waals surface area (Å²) in [5, 5.41) is 0. The van der Waals surface area contributed by atoms with Gasteiger partial charge in [-0.1, -0.05) is 37.1 Å². The number of hydrogen-bond donors (Lipinski definition) is 0. The van der Waals surface area contributed by atoms with Crippen LogP contribution < -0.4 is 4.74 Å². The number of halogens is 1. The van der Waals surface area contributed by atoms with E-state index >= 15 is 0 Å². The quantitative estimate of drug-likeness (QED) is 0.386. The molecule has 1 saturated carbocycles. The molecule has 0 spiro atoms. The average molecular weight is 448 g/mol. The van der Waals surface area contributed by atoms with Crippen LogP contribution in [0.2, 0.25) is 0 Å². The lowest BCUT2D eigenvalue weighted by Gasteiger charge is -2.23. The van der Waals surface area contributed by atoms with Crippen molar-refractivity contribution in [3.8, 4) is 11.5 Å². The average Bonchev–Trinajstić information content (AvgIpc) is 3.68. The molecule has 3 aromatic carbocycles. The Balaban J connectivity index is 1.46. The molecule has 0 radical (unpaired) electrons. The summed E-state index contributed by atoms with van der Waals surface area (Å²) in [6.07, 6.45) is 3.41. The van der Waals surface area contributed by atoms with Gasteiger partial charge in [0.25, 0.3) is 5.91 Å². The standard InChI is InChI=1S/C27H26FNO4/c1-32-27(31)22-10-8-20(9-11-22)18-29(17-16-19-6-7-19)26(30)21-12-14-23(15-13-21)33-25-5-3-2-4-24(25)28/h2-5,8-15,19H,6-7,16-18H2,1H3. The van der Waals surface area contributed by atoms with Crippen LogP contribution in [0.5, 0.6) is 11.5 Å². The number of methoxy groups -OCH3 is 1. The molecule has 5 nitrogen and oxygen atoms in total. The van der Waals surface area contributed by atoms with Crippen LogP contribution in [-0.2, 0) is 11.3 Å². The summed E-state index contributed by atoms with van der Waals surface area (Å²) in [7, 11) is 1.35. The maximum atomic E-state index is 13.8. The first-order valence-corrected chi connectivity index (χ1v) is 11.0. The molecular weight excluding hydrogens is 421 g/mol. The van der Waals surface area contributed by atoms with Crippen molar-refractivity contribution in [2.45, 2.75) is 25.8 Å². The first-order chi connectivity index (χ1) is 16.0. The normalized spacial score (nSPS) is 12.8. The largest absolute Gasteiger partial charge is 0.465 e. The highest BCUT2D eigenvalue weighted by molar-refractivity contribution is 5.94. The first-order valence-electron chi connectivity index (χ1n) is 11.0. The van der Waals surface area contributed by atoms with E-state index in [0.29, 0.717) is 35.9 Å². The van der Waals surface area contributed by atoms with Gasteiger partial charge in [-0.3, -0.25) is 4.79 Å². The smallest absolute Gasteiger partial charge is 0.337 e. The molecule has 1 fully saturated rings. The second kappa shape index (κ2) is 10.3. The summed E-state index contributed by atoms with van der Waals surface area (Å²) in [5.74, 6) is 0.379. The molecule has 0 aliphatic heterocycles. The number of rotatable bonds is 9. The van der Waals surface area contributed by atoms with E-state index in [9.17, 15) is 14.0 Å². The van der Waals surface area contributed by atoms with E-state index in [2.05, 4.69) is 0 Å². The van der Waals surface area contributed by atoms with E-state index in [1.807, 2.05) is 17.0 Å². The lowest BCUT2D eigenvalue weighted by Crippen LogP contribution is -2.31. The summed E-state index contributed by atoms with van der Waals surface area (Å²) in [4.78, 5) is 26.8. The second-order valence-corrected chi connectivity index (χ2v) is 8.20. The van der Waals surface area contributed by atoms with Crippen molar-refractivity contribution in [3.05, 3.63) is 95.3 Å². The van der Waals surface area contributed by atoms with E-state index in [-0.39, 0.29) is 17.6 Å². The van der Waals surface area contributed by atoms with E-state index in [1.54, 1.807) is 54.6 Å². The van der Waals surface area contributed by atoms with E-state index in [0.717, 1.165) is 12.0 Å². The molecule has 0 bridgehead atoms. The third kappa shape index (κ3) is 5.98. The number of amides is 1. The fraction of sp³-hybridized carbons (Fsp3) is 0.259. The summed E-state index contributed by atoms with van der Waals surface area (Å²) < 4.78 is 24.2. The van der Waals surface area contributed by atoms with Gasteiger partial charge in [0.05, 0.1) is 12.7 Å². The molecule has 1 amide bonds. The van der Waals surface area contributed by atoms with Gasteiger partial charge < -0.3 is 14.4 Å². The van der Waals surface area contributed by atoms with Gasteiger partial charge in [0.1, 0.15) is 5.75 Å². The number of nitrogens with zero attached hydrogens (tertiary/aromatic N) is 1. The van der Waals surface area contributed by atoms with Crippen LogP contribution in [0, 0.1) is 11.7 Å². The summed E-state index contributed by atoms with van der Waals surface area (Å²) in [5.41, 5.74) is 1.95. The van der Waals surface area contributed by atoms with Crippen LogP contribution in [0.1, 0.15) is 45.5 Å². The number of hydrogen-bond acceptors (Lipinski definition) is 4. The van der Waals surface area contributed by atoms with Crippen LogP contribution >= 0.6 is 0 Å². The predicted molar refractivity (Wildman–Crippen MR) is 123 cm³/mol. The van der Waals surface area contributed by atoms with Crippen molar-refractivity contribution < 1.29 is 23.5 Å². The van der Waals surface area contributed by atoms with Crippen molar-refractivity contribution in [3.63, 3.8) is 0 Å². The van der Waals surface area contributed by atoms with Crippen LogP contribution in [0.3, 0.4) is 0 Å². The maximum absolute atomic E-state index is 13.8. The number of esters is 1. The highest BCUT2D eigenvalue weighted by atomic mass is 19.1. The number of carbonyl (C=O) groups is 2. The first kappa shape index (κ1) is 22.5. The molecule has 0 heterocycles. The Morgan fingerprint density at radius 2 is 1.61 bits per heavy atom.